The van der Waals surface area contributed by atoms with Gasteiger partial charge in [0.25, 0.3) is 0 Å². The molecule has 0 spiro atoms. The largest absolute Gasteiger partial charge is 0.497 e. The van der Waals surface area contributed by atoms with Crippen molar-refractivity contribution in [2.75, 3.05) is 22.6 Å². The molecule has 0 bridgehead atoms. The van der Waals surface area contributed by atoms with E-state index in [1.807, 2.05) is 25.1 Å². The molecule has 25 heavy (non-hydrogen) atoms. The van der Waals surface area contributed by atoms with Gasteiger partial charge in [-0.1, -0.05) is 31.5 Å². The molecule has 6 heteroatoms. The van der Waals surface area contributed by atoms with Gasteiger partial charge in [-0.15, -0.1) is 0 Å². The number of para-hydroxylation sites is 2. The molecule has 130 valence electrons. The molecule has 2 N–H and O–H groups in total. The van der Waals surface area contributed by atoms with Gasteiger partial charge in [-0.25, -0.2) is 4.79 Å². The lowest BCUT2D eigenvalue weighted by Crippen LogP contribution is -2.52. The second-order valence-corrected chi connectivity index (χ2v) is 5.84. The third-order valence-corrected chi connectivity index (χ3v) is 4.14. The summed E-state index contributed by atoms with van der Waals surface area (Å²) >= 11 is 0. The minimum absolute atomic E-state index is 0.165. The van der Waals surface area contributed by atoms with Gasteiger partial charge in [-0.2, -0.15) is 0 Å². The van der Waals surface area contributed by atoms with Crippen molar-refractivity contribution in [2.45, 2.75) is 25.8 Å². The van der Waals surface area contributed by atoms with Crippen molar-refractivity contribution in [1.29, 1.82) is 0 Å². The molecule has 2 aromatic carbocycles. The molecule has 3 amide bonds. The molecule has 0 unspecified atom stereocenters. The molecule has 1 aliphatic rings. The van der Waals surface area contributed by atoms with E-state index in [-0.39, 0.29) is 11.9 Å². The Balaban J connectivity index is 1.93. The van der Waals surface area contributed by atoms with Crippen LogP contribution in [0.25, 0.3) is 0 Å². The molecule has 6 nitrogen and oxygen atoms in total. The van der Waals surface area contributed by atoms with Gasteiger partial charge in [0.2, 0.25) is 5.91 Å². The van der Waals surface area contributed by atoms with Gasteiger partial charge in [0.05, 0.1) is 18.5 Å². The number of ether oxygens (including phenoxy) is 1. The predicted octanol–water partition coefficient (Wildman–Crippen LogP) is 3.85. The summed E-state index contributed by atoms with van der Waals surface area (Å²) in [6.07, 6.45) is 1.38. The molecule has 0 saturated carbocycles. The Labute approximate surface area is 146 Å². The number of nitrogens with zero attached hydrogens (tertiary/aromatic N) is 1. The quantitative estimate of drug-likeness (QED) is 0.889. The van der Waals surface area contributed by atoms with Gasteiger partial charge in [0.15, 0.2) is 0 Å². The Kier molecular flexibility index (Phi) is 4.88. The number of rotatable bonds is 4. The monoisotopic (exact) mass is 339 g/mol. The van der Waals surface area contributed by atoms with Crippen molar-refractivity contribution >= 4 is 29.0 Å². The molecule has 0 aromatic heterocycles. The van der Waals surface area contributed by atoms with E-state index in [4.69, 9.17) is 4.74 Å². The highest BCUT2D eigenvalue weighted by molar-refractivity contribution is 6.14. The summed E-state index contributed by atoms with van der Waals surface area (Å²) in [5.74, 6) is 0.487. The fraction of sp³-hybridized carbons (Fsp3) is 0.263. The molecule has 0 fully saturated rings. The van der Waals surface area contributed by atoms with Crippen LogP contribution in [0.2, 0.25) is 0 Å². The second kappa shape index (κ2) is 7.25. The van der Waals surface area contributed by atoms with Gasteiger partial charge >= 0.3 is 6.03 Å². The number of hydrogen-bond acceptors (Lipinski definition) is 3. The van der Waals surface area contributed by atoms with Crippen LogP contribution in [0.1, 0.15) is 19.8 Å². The zero-order valence-electron chi connectivity index (χ0n) is 14.3. The zero-order chi connectivity index (χ0) is 17.8. The summed E-state index contributed by atoms with van der Waals surface area (Å²) < 4.78 is 5.19. The van der Waals surface area contributed by atoms with Crippen LogP contribution in [-0.4, -0.2) is 25.1 Å². The Morgan fingerprint density at radius 2 is 2.04 bits per heavy atom. The normalized spacial score (nSPS) is 16.0. The topological polar surface area (TPSA) is 70.7 Å². The molecule has 2 aromatic rings. The molecular weight excluding hydrogens is 318 g/mol. The van der Waals surface area contributed by atoms with E-state index in [9.17, 15) is 9.59 Å². The van der Waals surface area contributed by atoms with Crippen molar-refractivity contribution in [3.63, 3.8) is 0 Å². The summed E-state index contributed by atoms with van der Waals surface area (Å²) in [6, 6.07) is 13.6. The lowest BCUT2D eigenvalue weighted by Gasteiger charge is -2.36. The van der Waals surface area contributed by atoms with Crippen molar-refractivity contribution in [1.82, 2.24) is 0 Å². The maximum absolute atomic E-state index is 13.0. The number of methoxy groups -OCH3 is 1. The van der Waals surface area contributed by atoms with Crippen molar-refractivity contribution in [3.05, 3.63) is 48.5 Å². The summed E-state index contributed by atoms with van der Waals surface area (Å²) in [6.45, 7) is 1.99. The molecule has 1 atom stereocenters. The van der Waals surface area contributed by atoms with E-state index in [2.05, 4.69) is 10.6 Å². The summed E-state index contributed by atoms with van der Waals surface area (Å²) in [5.41, 5.74) is 1.95. The number of carbonyl (C=O) groups is 2. The molecular formula is C19H21N3O3. The van der Waals surface area contributed by atoms with E-state index in [0.29, 0.717) is 29.2 Å². The number of anilines is 3. The van der Waals surface area contributed by atoms with E-state index >= 15 is 0 Å². The average Bonchev–Trinajstić information content (AvgIpc) is 2.62. The first-order chi connectivity index (χ1) is 12.1. The van der Waals surface area contributed by atoms with Crippen LogP contribution in [0, 0.1) is 0 Å². The molecule has 0 radical (unpaired) electrons. The van der Waals surface area contributed by atoms with Gasteiger partial charge in [0.1, 0.15) is 11.8 Å². The van der Waals surface area contributed by atoms with Crippen LogP contribution in [-0.2, 0) is 4.79 Å². The van der Waals surface area contributed by atoms with Gasteiger partial charge in [-0.3, -0.25) is 9.69 Å². The number of hydrogen-bond donors (Lipinski definition) is 2. The minimum Gasteiger partial charge on any atom is -0.497 e. The first-order valence-corrected chi connectivity index (χ1v) is 8.28. The highest BCUT2D eigenvalue weighted by atomic mass is 16.5. The van der Waals surface area contributed by atoms with Crippen LogP contribution in [0.5, 0.6) is 5.75 Å². The Morgan fingerprint density at radius 3 is 2.80 bits per heavy atom. The Morgan fingerprint density at radius 1 is 1.24 bits per heavy atom. The summed E-state index contributed by atoms with van der Waals surface area (Å²) in [7, 11) is 1.57. The van der Waals surface area contributed by atoms with Crippen LogP contribution >= 0.6 is 0 Å². The zero-order valence-corrected chi connectivity index (χ0v) is 14.3. The molecule has 1 heterocycles. The lowest BCUT2D eigenvalue weighted by atomic mass is 10.0. The highest BCUT2D eigenvalue weighted by Crippen LogP contribution is 2.33. The SMILES string of the molecule is CCC[C@H]1C(=O)Nc2ccccc2N1C(=O)Nc1cccc(OC)c1. The smallest absolute Gasteiger partial charge is 0.327 e. The van der Waals surface area contributed by atoms with Crippen LogP contribution in [0.3, 0.4) is 0 Å². The number of benzene rings is 2. The fourth-order valence-corrected chi connectivity index (χ4v) is 2.96. The van der Waals surface area contributed by atoms with Crippen molar-refractivity contribution in [3.8, 4) is 5.75 Å². The van der Waals surface area contributed by atoms with Crippen LogP contribution in [0.15, 0.2) is 48.5 Å². The number of carbonyl (C=O) groups excluding carboxylic acids is 2. The predicted molar refractivity (Wildman–Crippen MR) is 98.3 cm³/mol. The first kappa shape index (κ1) is 16.8. The van der Waals surface area contributed by atoms with Crippen molar-refractivity contribution < 1.29 is 14.3 Å². The fourth-order valence-electron chi connectivity index (χ4n) is 2.96. The average molecular weight is 339 g/mol. The Bertz CT molecular complexity index is 791. The first-order valence-electron chi connectivity index (χ1n) is 8.28. The van der Waals surface area contributed by atoms with E-state index in [1.54, 1.807) is 37.4 Å². The van der Waals surface area contributed by atoms with E-state index in [1.165, 1.54) is 4.90 Å². The maximum Gasteiger partial charge on any atom is 0.327 e. The summed E-state index contributed by atoms with van der Waals surface area (Å²) in [5, 5.41) is 5.74. The minimum atomic E-state index is -0.537. The third kappa shape index (κ3) is 3.42. The van der Waals surface area contributed by atoms with E-state index in [0.717, 1.165) is 6.42 Å². The summed E-state index contributed by atoms with van der Waals surface area (Å²) in [4.78, 5) is 27.0. The lowest BCUT2D eigenvalue weighted by molar-refractivity contribution is -0.117. The standard InChI is InChI=1S/C19H21N3O3/c1-3-7-17-18(23)21-15-10-4-5-11-16(15)22(17)19(24)20-13-8-6-9-14(12-13)25-2/h4-6,8-12,17H,3,7H2,1-2H3,(H,20,24)(H,21,23)/t17-/m0/s1. The highest BCUT2D eigenvalue weighted by Gasteiger charge is 2.36. The molecule has 3 rings (SSSR count). The van der Waals surface area contributed by atoms with Crippen LogP contribution in [0.4, 0.5) is 21.9 Å². The molecule has 0 aliphatic carbocycles. The van der Waals surface area contributed by atoms with E-state index < -0.39 is 6.04 Å². The maximum atomic E-state index is 13.0. The van der Waals surface area contributed by atoms with Crippen LogP contribution < -0.4 is 20.3 Å². The third-order valence-electron chi connectivity index (χ3n) is 4.14. The number of urea groups is 1. The van der Waals surface area contributed by atoms with Gasteiger partial charge in [0, 0.05) is 11.8 Å². The number of nitrogens with one attached hydrogen (secondary N) is 2. The number of amides is 3. The van der Waals surface area contributed by atoms with Gasteiger partial charge in [-0.05, 0) is 30.7 Å². The second-order valence-electron chi connectivity index (χ2n) is 5.84. The van der Waals surface area contributed by atoms with Crippen molar-refractivity contribution in [2.24, 2.45) is 0 Å². The van der Waals surface area contributed by atoms with Gasteiger partial charge < -0.3 is 15.4 Å². The molecule has 1 aliphatic heterocycles. The Hall–Kier alpha value is -3.02. The number of fused-ring (bicyclic) bond motifs is 1. The molecule has 0 saturated heterocycles.